The van der Waals surface area contributed by atoms with Crippen molar-refractivity contribution in [1.29, 1.82) is 0 Å². The highest BCUT2D eigenvalue weighted by Crippen LogP contribution is 2.22. The number of nitrogens with zero attached hydrogens (tertiary/aromatic N) is 1. The van der Waals surface area contributed by atoms with Gasteiger partial charge in [-0.25, -0.2) is 9.78 Å². The van der Waals surface area contributed by atoms with Crippen molar-refractivity contribution in [2.45, 2.75) is 12.8 Å². The maximum Gasteiger partial charge on any atom is 0.335 e. The summed E-state index contributed by atoms with van der Waals surface area (Å²) in [4.78, 5) is 26.2. The fraction of sp³-hybridized carbons (Fsp3) is 0.267. The van der Waals surface area contributed by atoms with E-state index < -0.39 is 5.97 Å². The van der Waals surface area contributed by atoms with Gasteiger partial charge in [0.15, 0.2) is 0 Å². The monoisotopic (exact) mass is 288 g/mol. The van der Waals surface area contributed by atoms with Crippen LogP contribution in [-0.4, -0.2) is 35.7 Å². The number of esters is 1. The number of hydrogen-bond donors (Lipinski definition) is 2. The number of fused-ring (bicyclic) bond motifs is 1. The molecule has 0 atom stereocenters. The molecule has 1 aromatic carbocycles. The minimum Gasteiger partial charge on any atom is -0.478 e. The Bertz CT molecular complexity index is 670. The fourth-order valence-corrected chi connectivity index (χ4v) is 1.99. The number of carbonyl (C=O) groups is 2. The molecule has 0 aliphatic rings. The predicted octanol–water partition coefficient (Wildman–Crippen LogP) is 2.30. The van der Waals surface area contributed by atoms with Gasteiger partial charge in [-0.1, -0.05) is 0 Å². The van der Waals surface area contributed by atoms with E-state index in [4.69, 9.17) is 5.11 Å². The van der Waals surface area contributed by atoms with Crippen molar-refractivity contribution in [2.24, 2.45) is 0 Å². The molecule has 0 radical (unpaired) electrons. The van der Waals surface area contributed by atoms with Crippen molar-refractivity contribution < 1.29 is 19.4 Å². The summed E-state index contributed by atoms with van der Waals surface area (Å²) in [6.07, 6.45) is 2.60. The number of methoxy groups -OCH3 is 1. The van der Waals surface area contributed by atoms with E-state index in [1.54, 1.807) is 30.5 Å². The molecule has 0 fully saturated rings. The van der Waals surface area contributed by atoms with Crippen LogP contribution in [0.5, 0.6) is 0 Å². The number of pyridine rings is 1. The summed E-state index contributed by atoms with van der Waals surface area (Å²) in [5.74, 6) is -0.524. The number of carboxylic acid groups (broad SMARTS) is 1. The number of hydrogen-bond acceptors (Lipinski definition) is 5. The van der Waals surface area contributed by atoms with Crippen LogP contribution in [-0.2, 0) is 9.53 Å². The van der Waals surface area contributed by atoms with Gasteiger partial charge in [0.1, 0.15) is 5.82 Å². The van der Waals surface area contributed by atoms with E-state index in [2.05, 4.69) is 15.0 Å². The maximum atomic E-state index is 11.0. The molecule has 0 spiro atoms. The molecule has 1 aromatic heterocycles. The van der Waals surface area contributed by atoms with Gasteiger partial charge < -0.3 is 15.2 Å². The van der Waals surface area contributed by atoms with Crippen LogP contribution in [0.2, 0.25) is 0 Å². The number of ether oxygens (including phenoxy) is 1. The first-order valence-electron chi connectivity index (χ1n) is 6.54. The summed E-state index contributed by atoms with van der Waals surface area (Å²) >= 11 is 0. The highest BCUT2D eigenvalue weighted by Gasteiger charge is 2.07. The van der Waals surface area contributed by atoms with Crippen molar-refractivity contribution in [2.75, 3.05) is 19.0 Å². The van der Waals surface area contributed by atoms with Crippen LogP contribution < -0.4 is 5.32 Å². The molecule has 2 aromatic rings. The summed E-state index contributed by atoms with van der Waals surface area (Å²) < 4.78 is 4.57. The summed E-state index contributed by atoms with van der Waals surface area (Å²) in [6, 6.07) is 6.65. The second-order valence-corrected chi connectivity index (χ2v) is 4.51. The van der Waals surface area contributed by atoms with Gasteiger partial charge in [0, 0.05) is 24.5 Å². The van der Waals surface area contributed by atoms with E-state index in [0.29, 0.717) is 25.2 Å². The molecule has 0 unspecified atom stereocenters. The molecule has 2 rings (SSSR count). The lowest BCUT2D eigenvalue weighted by atomic mass is 10.1. The largest absolute Gasteiger partial charge is 0.478 e. The first-order chi connectivity index (χ1) is 10.1. The average molecular weight is 288 g/mol. The minimum absolute atomic E-state index is 0.241. The standard InChI is InChI=1S/C15H16N2O4/c1-21-13(18)3-2-7-16-14-12-5-4-11(15(19)20)9-10(12)6-8-17-14/h4-6,8-9H,2-3,7H2,1H3,(H,16,17)(H,19,20). The Hall–Kier alpha value is -2.63. The number of benzene rings is 1. The van der Waals surface area contributed by atoms with E-state index >= 15 is 0 Å². The van der Waals surface area contributed by atoms with Gasteiger partial charge in [-0.05, 0) is 36.1 Å². The number of carboxylic acids is 1. The van der Waals surface area contributed by atoms with Crippen LogP contribution in [0.4, 0.5) is 5.82 Å². The van der Waals surface area contributed by atoms with Crippen molar-refractivity contribution in [3.05, 3.63) is 36.0 Å². The molecule has 1 heterocycles. The number of rotatable bonds is 6. The lowest BCUT2D eigenvalue weighted by molar-refractivity contribution is -0.140. The highest BCUT2D eigenvalue weighted by atomic mass is 16.5. The van der Waals surface area contributed by atoms with Crippen LogP contribution >= 0.6 is 0 Å². The molecule has 6 nitrogen and oxygen atoms in total. The molecular weight excluding hydrogens is 272 g/mol. The van der Waals surface area contributed by atoms with Gasteiger partial charge in [-0.2, -0.15) is 0 Å². The van der Waals surface area contributed by atoms with E-state index in [9.17, 15) is 9.59 Å². The van der Waals surface area contributed by atoms with Crippen LogP contribution in [0.15, 0.2) is 30.5 Å². The van der Waals surface area contributed by atoms with Gasteiger partial charge in [-0.3, -0.25) is 4.79 Å². The molecule has 0 bridgehead atoms. The van der Waals surface area contributed by atoms with Gasteiger partial charge in [-0.15, -0.1) is 0 Å². The van der Waals surface area contributed by atoms with Crippen LogP contribution in [0.3, 0.4) is 0 Å². The molecule has 110 valence electrons. The Balaban J connectivity index is 2.10. The number of aromatic nitrogens is 1. The van der Waals surface area contributed by atoms with Crippen LogP contribution in [0, 0.1) is 0 Å². The second kappa shape index (κ2) is 6.69. The average Bonchev–Trinajstić information content (AvgIpc) is 2.50. The molecule has 0 amide bonds. The summed E-state index contributed by atoms with van der Waals surface area (Å²) in [7, 11) is 1.36. The van der Waals surface area contributed by atoms with Crippen molar-refractivity contribution in [1.82, 2.24) is 4.98 Å². The van der Waals surface area contributed by atoms with Crippen LogP contribution in [0.1, 0.15) is 23.2 Å². The summed E-state index contributed by atoms with van der Waals surface area (Å²) in [5.41, 5.74) is 0.241. The lowest BCUT2D eigenvalue weighted by Gasteiger charge is -2.09. The molecule has 0 saturated carbocycles. The molecule has 0 aliphatic heterocycles. The third kappa shape index (κ3) is 3.68. The first-order valence-corrected chi connectivity index (χ1v) is 6.54. The van der Waals surface area contributed by atoms with E-state index in [1.165, 1.54) is 7.11 Å². The number of carbonyl (C=O) groups excluding carboxylic acids is 1. The molecule has 0 saturated heterocycles. The zero-order chi connectivity index (χ0) is 15.2. The lowest BCUT2D eigenvalue weighted by Crippen LogP contribution is -2.07. The normalized spacial score (nSPS) is 10.3. The maximum absolute atomic E-state index is 11.0. The molecular formula is C15H16N2O4. The topological polar surface area (TPSA) is 88.5 Å². The van der Waals surface area contributed by atoms with E-state index in [0.717, 1.165) is 10.8 Å². The first kappa shape index (κ1) is 14.8. The van der Waals surface area contributed by atoms with E-state index in [1.807, 2.05) is 0 Å². The Morgan fingerprint density at radius 3 is 2.86 bits per heavy atom. The molecule has 0 aliphatic carbocycles. The van der Waals surface area contributed by atoms with Crippen molar-refractivity contribution in [3.8, 4) is 0 Å². The summed E-state index contributed by atoms with van der Waals surface area (Å²) in [5, 5.41) is 13.8. The number of nitrogens with one attached hydrogen (secondary N) is 1. The molecule has 6 heteroatoms. The predicted molar refractivity (Wildman–Crippen MR) is 78.4 cm³/mol. The van der Waals surface area contributed by atoms with Gasteiger partial charge in [0.05, 0.1) is 12.7 Å². The smallest absolute Gasteiger partial charge is 0.335 e. The fourth-order valence-electron chi connectivity index (χ4n) is 1.99. The Morgan fingerprint density at radius 1 is 1.33 bits per heavy atom. The van der Waals surface area contributed by atoms with Crippen molar-refractivity contribution >= 4 is 28.5 Å². The minimum atomic E-state index is -0.957. The third-order valence-electron chi connectivity index (χ3n) is 3.09. The number of aromatic carboxylic acids is 1. The second-order valence-electron chi connectivity index (χ2n) is 4.51. The van der Waals surface area contributed by atoms with E-state index in [-0.39, 0.29) is 11.5 Å². The summed E-state index contributed by atoms with van der Waals surface area (Å²) in [6.45, 7) is 0.585. The zero-order valence-corrected chi connectivity index (χ0v) is 11.6. The Morgan fingerprint density at radius 2 is 2.14 bits per heavy atom. The Kier molecular flexibility index (Phi) is 4.71. The molecule has 21 heavy (non-hydrogen) atoms. The van der Waals surface area contributed by atoms with Gasteiger partial charge in [0.2, 0.25) is 0 Å². The quantitative estimate of drug-likeness (QED) is 0.626. The number of anilines is 1. The molecule has 2 N–H and O–H groups in total. The SMILES string of the molecule is COC(=O)CCCNc1nccc2cc(C(=O)O)ccc12. The van der Waals surface area contributed by atoms with Crippen molar-refractivity contribution in [3.63, 3.8) is 0 Å². The van der Waals surface area contributed by atoms with Gasteiger partial charge >= 0.3 is 11.9 Å². The zero-order valence-electron chi connectivity index (χ0n) is 11.6. The van der Waals surface area contributed by atoms with Gasteiger partial charge in [0.25, 0.3) is 0 Å². The third-order valence-corrected chi connectivity index (χ3v) is 3.09. The highest BCUT2D eigenvalue weighted by molar-refractivity contribution is 5.98. The van der Waals surface area contributed by atoms with Crippen LogP contribution in [0.25, 0.3) is 10.8 Å². The Labute approximate surface area is 121 Å².